The largest absolute Gasteiger partial charge is 1.00 e. The van der Waals surface area contributed by atoms with Crippen LogP contribution < -0.4 is 61.8 Å². The van der Waals surface area contributed by atoms with Gasteiger partial charge >= 0.3 is 57.4 Å². The summed E-state index contributed by atoms with van der Waals surface area (Å²) in [5.74, 6) is -2.63. The Bertz CT molecular complexity index is 829. The molecule has 0 spiro atoms. The van der Waals surface area contributed by atoms with Crippen molar-refractivity contribution in [3.05, 3.63) is 47.2 Å². The van der Waals surface area contributed by atoms with Crippen molar-refractivity contribution in [3.8, 4) is 0 Å². The molecule has 1 N–H and O–H groups in total. The standard InChI is InChI=1S/C18H18N2O6S.K/c1-10(21)26-8-12-9-27-17-14(16(23)20(17)15(12)18(24)25)19-13(22)7-11-5-3-2-4-6-11;/h2-6,14,17H,7-9H2,1H3,(H,19,22)(H,24,25);/q;+1/p-1/t14-,17+;/m0./s1. The molecule has 10 heteroatoms. The molecule has 1 saturated heterocycles. The Balaban J connectivity index is 0.00000280. The number of hydrogen-bond donors (Lipinski definition) is 1. The van der Waals surface area contributed by atoms with Crippen molar-refractivity contribution in [1.82, 2.24) is 10.2 Å². The SMILES string of the molecule is CC(=O)OCC1=C(C(=O)[O-])N2C(=O)[C@H](NC(=O)Cc3ccccc3)[C@H]2SC1.[K+]. The van der Waals surface area contributed by atoms with Crippen LogP contribution in [0.2, 0.25) is 0 Å². The summed E-state index contributed by atoms with van der Waals surface area (Å²) in [6.07, 6.45) is 0.128. The fourth-order valence-electron chi connectivity index (χ4n) is 2.98. The number of thioether (sulfide) groups is 1. The van der Waals surface area contributed by atoms with E-state index in [4.69, 9.17) is 4.74 Å². The zero-order valence-electron chi connectivity index (χ0n) is 15.5. The van der Waals surface area contributed by atoms with Crippen LogP contribution in [0, 0.1) is 0 Å². The van der Waals surface area contributed by atoms with Gasteiger partial charge in [0.05, 0.1) is 18.1 Å². The van der Waals surface area contributed by atoms with Gasteiger partial charge in [-0.2, -0.15) is 0 Å². The minimum absolute atomic E-state index is 0. The summed E-state index contributed by atoms with van der Waals surface area (Å²) < 4.78 is 4.85. The van der Waals surface area contributed by atoms with E-state index in [1.807, 2.05) is 30.3 Å². The molecular weight excluding hydrogens is 411 g/mol. The average Bonchev–Trinajstić information content (AvgIpc) is 2.64. The molecule has 2 atom stereocenters. The van der Waals surface area contributed by atoms with Crippen LogP contribution in [0.3, 0.4) is 0 Å². The van der Waals surface area contributed by atoms with E-state index in [-0.39, 0.29) is 81.8 Å². The molecule has 2 aliphatic heterocycles. The van der Waals surface area contributed by atoms with Crippen LogP contribution in [0.15, 0.2) is 41.6 Å². The van der Waals surface area contributed by atoms with Gasteiger partial charge < -0.3 is 20.0 Å². The number of carbonyl (C=O) groups is 4. The first-order valence-corrected chi connectivity index (χ1v) is 9.28. The third kappa shape index (κ3) is 5.05. The zero-order valence-corrected chi connectivity index (χ0v) is 19.4. The Morgan fingerprint density at radius 1 is 1.29 bits per heavy atom. The van der Waals surface area contributed by atoms with E-state index >= 15 is 0 Å². The van der Waals surface area contributed by atoms with E-state index in [0.29, 0.717) is 5.57 Å². The van der Waals surface area contributed by atoms with E-state index in [1.54, 1.807) is 0 Å². The van der Waals surface area contributed by atoms with Crippen molar-refractivity contribution < 1.29 is 80.4 Å². The number of nitrogens with one attached hydrogen (secondary N) is 1. The molecule has 8 nitrogen and oxygen atoms in total. The first-order valence-electron chi connectivity index (χ1n) is 8.23. The molecule has 0 aliphatic carbocycles. The van der Waals surface area contributed by atoms with Crippen LogP contribution in [0.25, 0.3) is 0 Å². The summed E-state index contributed by atoms with van der Waals surface area (Å²) in [4.78, 5) is 48.2. The number of amides is 2. The fraction of sp³-hybridized carbons (Fsp3) is 0.333. The number of ether oxygens (including phenoxy) is 1. The molecule has 0 bridgehead atoms. The molecule has 0 saturated carbocycles. The van der Waals surface area contributed by atoms with E-state index in [1.165, 1.54) is 18.7 Å². The van der Waals surface area contributed by atoms with Crippen molar-refractivity contribution in [1.29, 1.82) is 0 Å². The first-order chi connectivity index (χ1) is 12.9. The van der Waals surface area contributed by atoms with E-state index in [2.05, 4.69) is 5.32 Å². The Hall–Kier alpha value is -1.17. The number of nitrogens with zero attached hydrogens (tertiary/aromatic N) is 1. The number of aliphatic carboxylic acids is 1. The molecule has 28 heavy (non-hydrogen) atoms. The number of β-lactam (4-membered cyclic amide) rings is 1. The Morgan fingerprint density at radius 3 is 2.57 bits per heavy atom. The maximum Gasteiger partial charge on any atom is 1.00 e. The van der Waals surface area contributed by atoms with Crippen molar-refractivity contribution in [2.75, 3.05) is 12.4 Å². The van der Waals surface area contributed by atoms with Crippen LogP contribution in [0.5, 0.6) is 0 Å². The monoisotopic (exact) mass is 428 g/mol. The average molecular weight is 429 g/mol. The molecule has 1 fully saturated rings. The zero-order chi connectivity index (χ0) is 19.6. The van der Waals surface area contributed by atoms with Gasteiger partial charge in [-0.05, 0) is 5.56 Å². The van der Waals surface area contributed by atoms with Crippen molar-refractivity contribution in [3.63, 3.8) is 0 Å². The molecule has 1 aromatic rings. The molecule has 2 heterocycles. The predicted octanol–water partition coefficient (Wildman–Crippen LogP) is -3.80. The molecule has 142 valence electrons. The van der Waals surface area contributed by atoms with Gasteiger partial charge in [0.25, 0.3) is 5.91 Å². The molecular formula is C18H17KN2O6S. The normalized spacial score (nSPS) is 20.5. The predicted molar refractivity (Wildman–Crippen MR) is 93.8 cm³/mol. The molecule has 2 aliphatic rings. The second-order valence-corrected chi connectivity index (χ2v) is 7.24. The van der Waals surface area contributed by atoms with Gasteiger partial charge in [0.15, 0.2) is 0 Å². The number of esters is 1. The molecule has 3 rings (SSSR count). The van der Waals surface area contributed by atoms with Crippen LogP contribution in [-0.4, -0.2) is 52.4 Å². The minimum atomic E-state index is -1.51. The van der Waals surface area contributed by atoms with Crippen LogP contribution in [0.4, 0.5) is 0 Å². The Morgan fingerprint density at radius 2 is 1.96 bits per heavy atom. The number of carboxylic acids is 1. The number of carbonyl (C=O) groups excluding carboxylic acids is 4. The fourth-order valence-corrected chi connectivity index (χ4v) is 4.30. The third-order valence-electron chi connectivity index (χ3n) is 4.21. The molecule has 0 radical (unpaired) electrons. The maximum atomic E-state index is 12.4. The third-order valence-corrected chi connectivity index (χ3v) is 5.55. The Kier molecular flexibility index (Phi) is 8.28. The minimum Gasteiger partial charge on any atom is -0.543 e. The summed E-state index contributed by atoms with van der Waals surface area (Å²) in [6.45, 7) is 0.998. The number of fused-ring (bicyclic) bond motifs is 1. The smallest absolute Gasteiger partial charge is 0.543 e. The second-order valence-electron chi connectivity index (χ2n) is 6.14. The molecule has 0 aromatic heterocycles. The van der Waals surface area contributed by atoms with E-state index in [0.717, 1.165) is 10.5 Å². The number of hydrogen-bond acceptors (Lipinski definition) is 7. The summed E-state index contributed by atoms with van der Waals surface area (Å²) in [6, 6.07) is 8.30. The van der Waals surface area contributed by atoms with E-state index in [9.17, 15) is 24.3 Å². The van der Waals surface area contributed by atoms with Gasteiger partial charge in [0, 0.05) is 18.2 Å². The van der Waals surface area contributed by atoms with Crippen molar-refractivity contribution >= 4 is 35.5 Å². The van der Waals surface area contributed by atoms with Gasteiger partial charge in [-0.1, -0.05) is 30.3 Å². The van der Waals surface area contributed by atoms with Crippen LogP contribution >= 0.6 is 11.8 Å². The van der Waals surface area contributed by atoms with Crippen molar-refractivity contribution in [2.24, 2.45) is 0 Å². The Labute approximate surface area is 208 Å². The first kappa shape index (κ1) is 23.1. The summed E-state index contributed by atoms with van der Waals surface area (Å²) >= 11 is 1.30. The summed E-state index contributed by atoms with van der Waals surface area (Å²) in [5.41, 5.74) is 0.835. The quantitative estimate of drug-likeness (QED) is 0.281. The van der Waals surface area contributed by atoms with Gasteiger partial charge in [-0.15, -0.1) is 11.8 Å². The van der Waals surface area contributed by atoms with Crippen molar-refractivity contribution in [2.45, 2.75) is 24.8 Å². The van der Waals surface area contributed by atoms with E-state index < -0.39 is 29.3 Å². The van der Waals surface area contributed by atoms with Gasteiger partial charge in [-0.3, -0.25) is 19.3 Å². The van der Waals surface area contributed by atoms with Crippen LogP contribution in [0.1, 0.15) is 12.5 Å². The number of benzene rings is 1. The maximum absolute atomic E-state index is 12.4. The number of rotatable bonds is 6. The number of carboxylic acid groups (broad SMARTS) is 1. The second kappa shape index (κ2) is 10.0. The summed E-state index contributed by atoms with van der Waals surface area (Å²) in [5, 5.41) is 13.7. The van der Waals surface area contributed by atoms with Crippen LogP contribution in [-0.2, 0) is 30.3 Å². The summed E-state index contributed by atoms with van der Waals surface area (Å²) in [7, 11) is 0. The van der Waals surface area contributed by atoms with Gasteiger partial charge in [0.1, 0.15) is 18.0 Å². The molecule has 2 amide bonds. The molecule has 0 unspecified atom stereocenters. The topological polar surface area (TPSA) is 116 Å². The van der Waals surface area contributed by atoms with Gasteiger partial charge in [0.2, 0.25) is 5.91 Å². The molecule has 1 aromatic carbocycles. The van der Waals surface area contributed by atoms with Gasteiger partial charge in [-0.25, -0.2) is 0 Å².